The largest absolute Gasteiger partial charge is 0.490 e. The fourth-order valence-corrected chi connectivity index (χ4v) is 1.72. The van der Waals surface area contributed by atoms with E-state index in [0.29, 0.717) is 24.7 Å². The summed E-state index contributed by atoms with van der Waals surface area (Å²) in [6.45, 7) is 7.10. The van der Waals surface area contributed by atoms with Crippen molar-refractivity contribution in [3.05, 3.63) is 24.3 Å². The second-order valence-electron chi connectivity index (χ2n) is 4.81. The third kappa shape index (κ3) is 4.42. The van der Waals surface area contributed by atoms with E-state index in [1.165, 1.54) is 0 Å². The van der Waals surface area contributed by atoms with Crippen molar-refractivity contribution in [1.82, 2.24) is 5.32 Å². The normalized spacial score (nSPS) is 13.6. The van der Waals surface area contributed by atoms with Crippen molar-refractivity contribution >= 4 is 5.91 Å². The molecule has 0 saturated carbocycles. The Morgan fingerprint density at radius 1 is 1.25 bits per heavy atom. The van der Waals surface area contributed by atoms with Gasteiger partial charge in [-0.1, -0.05) is 26.0 Å². The molecular formula is C15H24N2O3. The molecule has 0 saturated heterocycles. The van der Waals surface area contributed by atoms with Crippen LogP contribution in [0.1, 0.15) is 27.2 Å². The Bertz CT molecular complexity index is 437. The maximum Gasteiger partial charge on any atom is 0.240 e. The number of amides is 1. The van der Waals surface area contributed by atoms with E-state index in [9.17, 15) is 4.79 Å². The Morgan fingerprint density at radius 3 is 2.35 bits per heavy atom. The first-order valence-corrected chi connectivity index (χ1v) is 6.93. The van der Waals surface area contributed by atoms with Gasteiger partial charge in [0.2, 0.25) is 5.91 Å². The predicted octanol–water partition coefficient (Wildman–Crippen LogP) is 1.71. The van der Waals surface area contributed by atoms with E-state index >= 15 is 0 Å². The van der Waals surface area contributed by atoms with Gasteiger partial charge in [0.25, 0.3) is 0 Å². The molecule has 0 aliphatic rings. The van der Waals surface area contributed by atoms with E-state index in [1.54, 1.807) is 6.92 Å². The molecule has 1 aromatic rings. The van der Waals surface area contributed by atoms with Crippen LogP contribution in [0, 0.1) is 0 Å². The monoisotopic (exact) mass is 280 g/mol. The number of nitrogens with one attached hydrogen (secondary N) is 1. The molecule has 5 nitrogen and oxygen atoms in total. The first-order valence-electron chi connectivity index (χ1n) is 6.93. The summed E-state index contributed by atoms with van der Waals surface area (Å²) in [5.41, 5.74) is 4.53. The fraction of sp³-hybridized carbons (Fsp3) is 0.533. The van der Waals surface area contributed by atoms with Crippen molar-refractivity contribution < 1.29 is 14.3 Å². The lowest BCUT2D eigenvalue weighted by Crippen LogP contribution is -2.57. The number of primary amides is 1. The highest BCUT2D eigenvalue weighted by Gasteiger charge is 2.31. The molecule has 5 heteroatoms. The molecule has 1 rings (SSSR count). The van der Waals surface area contributed by atoms with Crippen molar-refractivity contribution in [1.29, 1.82) is 0 Å². The molecule has 1 atom stereocenters. The van der Waals surface area contributed by atoms with Crippen LogP contribution in [-0.2, 0) is 4.79 Å². The summed E-state index contributed by atoms with van der Waals surface area (Å²) in [6.07, 6.45) is 0.921. The maximum absolute atomic E-state index is 11.5. The predicted molar refractivity (Wildman–Crippen MR) is 79.0 cm³/mol. The molecule has 3 N–H and O–H groups in total. The van der Waals surface area contributed by atoms with Gasteiger partial charge in [-0.3, -0.25) is 4.79 Å². The summed E-state index contributed by atoms with van der Waals surface area (Å²) < 4.78 is 11.3. The topological polar surface area (TPSA) is 73.6 Å². The van der Waals surface area contributed by atoms with Gasteiger partial charge in [-0.2, -0.15) is 0 Å². The SMILES string of the molecule is CCCOc1ccccc1OCC(C)(NCC)C(N)=O. The lowest BCUT2D eigenvalue weighted by molar-refractivity contribution is -0.124. The molecule has 112 valence electrons. The number of rotatable bonds is 9. The minimum Gasteiger partial charge on any atom is -0.490 e. The van der Waals surface area contributed by atoms with E-state index in [0.717, 1.165) is 6.42 Å². The molecule has 1 aromatic carbocycles. The Labute approximate surface area is 120 Å². The average molecular weight is 280 g/mol. The molecule has 20 heavy (non-hydrogen) atoms. The van der Waals surface area contributed by atoms with Crippen LogP contribution in [0.5, 0.6) is 11.5 Å². The van der Waals surface area contributed by atoms with E-state index in [1.807, 2.05) is 38.1 Å². The molecule has 0 spiro atoms. The summed E-state index contributed by atoms with van der Waals surface area (Å²) in [5.74, 6) is 0.857. The summed E-state index contributed by atoms with van der Waals surface area (Å²) in [5, 5.41) is 3.05. The van der Waals surface area contributed by atoms with Gasteiger partial charge in [0, 0.05) is 0 Å². The summed E-state index contributed by atoms with van der Waals surface area (Å²) >= 11 is 0. The van der Waals surface area contributed by atoms with Gasteiger partial charge in [0.1, 0.15) is 12.1 Å². The van der Waals surface area contributed by atoms with Crippen molar-refractivity contribution in [3.8, 4) is 11.5 Å². The smallest absolute Gasteiger partial charge is 0.240 e. The Morgan fingerprint density at radius 2 is 1.85 bits per heavy atom. The van der Waals surface area contributed by atoms with Crippen molar-refractivity contribution in [2.45, 2.75) is 32.7 Å². The molecule has 0 heterocycles. The Balaban J connectivity index is 2.75. The number of para-hydroxylation sites is 2. The van der Waals surface area contributed by atoms with Crippen LogP contribution in [0.15, 0.2) is 24.3 Å². The molecule has 0 aliphatic carbocycles. The van der Waals surface area contributed by atoms with Gasteiger partial charge >= 0.3 is 0 Å². The number of nitrogens with two attached hydrogens (primary N) is 1. The first-order chi connectivity index (χ1) is 9.53. The number of likely N-dealkylation sites (N-methyl/N-ethyl adjacent to an activating group) is 1. The molecule has 0 aliphatic heterocycles. The van der Waals surface area contributed by atoms with Crippen LogP contribution < -0.4 is 20.5 Å². The van der Waals surface area contributed by atoms with Crippen molar-refractivity contribution in [3.63, 3.8) is 0 Å². The van der Waals surface area contributed by atoms with Crippen molar-refractivity contribution in [2.75, 3.05) is 19.8 Å². The second-order valence-corrected chi connectivity index (χ2v) is 4.81. The van der Waals surface area contributed by atoms with E-state index in [2.05, 4.69) is 5.32 Å². The standard InChI is InChI=1S/C15H24N2O3/c1-4-10-19-12-8-6-7-9-13(12)20-11-15(3,14(16)18)17-5-2/h6-9,17H,4-5,10-11H2,1-3H3,(H2,16,18). The zero-order chi connectivity index (χ0) is 15.0. The van der Waals surface area contributed by atoms with E-state index in [-0.39, 0.29) is 6.61 Å². The number of benzene rings is 1. The number of hydrogen-bond acceptors (Lipinski definition) is 4. The van der Waals surface area contributed by atoms with Crippen LogP contribution in [0.2, 0.25) is 0 Å². The maximum atomic E-state index is 11.5. The minimum absolute atomic E-state index is 0.155. The molecular weight excluding hydrogens is 256 g/mol. The molecule has 0 bridgehead atoms. The lowest BCUT2D eigenvalue weighted by Gasteiger charge is -2.27. The van der Waals surface area contributed by atoms with Crippen LogP contribution in [-0.4, -0.2) is 31.2 Å². The summed E-state index contributed by atoms with van der Waals surface area (Å²) in [7, 11) is 0. The van der Waals surface area contributed by atoms with Gasteiger partial charge in [0.05, 0.1) is 6.61 Å². The lowest BCUT2D eigenvalue weighted by atomic mass is 10.0. The van der Waals surface area contributed by atoms with E-state index in [4.69, 9.17) is 15.2 Å². The number of carbonyl (C=O) groups excluding carboxylic acids is 1. The summed E-state index contributed by atoms with van der Waals surface area (Å²) in [4.78, 5) is 11.5. The third-order valence-corrected chi connectivity index (χ3v) is 2.94. The van der Waals surface area contributed by atoms with Crippen LogP contribution in [0.3, 0.4) is 0 Å². The van der Waals surface area contributed by atoms with Crippen LogP contribution in [0.25, 0.3) is 0 Å². The zero-order valence-electron chi connectivity index (χ0n) is 12.4. The van der Waals surface area contributed by atoms with Crippen LogP contribution >= 0.6 is 0 Å². The van der Waals surface area contributed by atoms with Crippen molar-refractivity contribution in [2.24, 2.45) is 5.73 Å². The molecule has 0 aromatic heterocycles. The van der Waals surface area contributed by atoms with Gasteiger partial charge in [0.15, 0.2) is 11.5 Å². The van der Waals surface area contributed by atoms with Gasteiger partial charge < -0.3 is 20.5 Å². The van der Waals surface area contributed by atoms with Gasteiger partial charge in [-0.25, -0.2) is 0 Å². The number of ether oxygens (including phenoxy) is 2. The first kappa shape index (κ1) is 16.3. The Kier molecular flexibility index (Phi) is 6.31. The molecule has 0 fully saturated rings. The molecule has 1 amide bonds. The third-order valence-electron chi connectivity index (χ3n) is 2.94. The fourth-order valence-electron chi connectivity index (χ4n) is 1.72. The highest BCUT2D eigenvalue weighted by atomic mass is 16.5. The summed E-state index contributed by atoms with van der Waals surface area (Å²) in [6, 6.07) is 7.41. The quantitative estimate of drug-likeness (QED) is 0.722. The molecule has 1 unspecified atom stereocenters. The van der Waals surface area contributed by atoms with Gasteiger partial charge in [-0.15, -0.1) is 0 Å². The highest BCUT2D eigenvalue weighted by molar-refractivity contribution is 5.84. The minimum atomic E-state index is -0.896. The highest BCUT2D eigenvalue weighted by Crippen LogP contribution is 2.27. The number of hydrogen-bond donors (Lipinski definition) is 2. The van der Waals surface area contributed by atoms with Gasteiger partial charge in [-0.05, 0) is 32.0 Å². The molecule has 0 radical (unpaired) electrons. The average Bonchev–Trinajstić information content (AvgIpc) is 2.44. The number of carbonyl (C=O) groups is 1. The van der Waals surface area contributed by atoms with Crippen LogP contribution in [0.4, 0.5) is 0 Å². The Hall–Kier alpha value is -1.75. The van der Waals surface area contributed by atoms with E-state index < -0.39 is 11.4 Å². The second kappa shape index (κ2) is 7.75. The zero-order valence-corrected chi connectivity index (χ0v) is 12.4.